The van der Waals surface area contributed by atoms with Gasteiger partial charge in [0.15, 0.2) is 0 Å². The van der Waals surface area contributed by atoms with Gasteiger partial charge >= 0.3 is 0 Å². The zero-order valence-corrected chi connectivity index (χ0v) is 11.9. The van der Waals surface area contributed by atoms with Crippen LogP contribution in [0.1, 0.15) is 21.6 Å². The molecular weight excluding hydrogens is 304 g/mol. The second kappa shape index (κ2) is 5.13. The highest BCUT2D eigenvalue weighted by molar-refractivity contribution is 9.10. The molecule has 19 heavy (non-hydrogen) atoms. The first-order valence-corrected chi connectivity index (χ1v) is 7.01. The second-order valence-corrected chi connectivity index (χ2v) is 5.51. The van der Waals surface area contributed by atoms with Crippen LogP contribution in [0.3, 0.4) is 0 Å². The van der Waals surface area contributed by atoms with Crippen molar-refractivity contribution in [3.63, 3.8) is 0 Å². The summed E-state index contributed by atoms with van der Waals surface area (Å²) in [7, 11) is 0. The lowest BCUT2D eigenvalue weighted by molar-refractivity contribution is 0.0733. The van der Waals surface area contributed by atoms with Gasteiger partial charge in [0.05, 0.1) is 0 Å². The maximum absolute atomic E-state index is 12.4. The van der Waals surface area contributed by atoms with E-state index in [1.165, 1.54) is 0 Å². The number of halogens is 1. The van der Waals surface area contributed by atoms with Crippen molar-refractivity contribution in [3.05, 3.63) is 63.9 Å². The molecule has 0 atom stereocenters. The molecule has 1 aromatic heterocycles. The van der Waals surface area contributed by atoms with Gasteiger partial charge in [-0.25, -0.2) is 0 Å². The number of nitrogens with zero attached hydrogens (tertiary/aromatic N) is 2. The molecule has 4 heteroatoms. The van der Waals surface area contributed by atoms with E-state index in [0.29, 0.717) is 6.54 Å². The Morgan fingerprint density at radius 3 is 3.00 bits per heavy atom. The van der Waals surface area contributed by atoms with Gasteiger partial charge < -0.3 is 4.90 Å². The Kier molecular flexibility index (Phi) is 3.34. The number of rotatable bonds is 1. The van der Waals surface area contributed by atoms with Crippen molar-refractivity contribution in [2.75, 3.05) is 6.54 Å². The van der Waals surface area contributed by atoms with Crippen molar-refractivity contribution < 1.29 is 4.79 Å². The van der Waals surface area contributed by atoms with Crippen LogP contribution in [0.15, 0.2) is 47.1 Å². The summed E-state index contributed by atoms with van der Waals surface area (Å²) >= 11 is 3.40. The van der Waals surface area contributed by atoms with Gasteiger partial charge in [-0.1, -0.05) is 28.1 Å². The molecule has 0 unspecified atom stereocenters. The molecule has 0 aliphatic carbocycles. The summed E-state index contributed by atoms with van der Waals surface area (Å²) in [5, 5.41) is 0. The van der Waals surface area contributed by atoms with Crippen LogP contribution in [0.4, 0.5) is 0 Å². The van der Waals surface area contributed by atoms with Crippen LogP contribution in [0.25, 0.3) is 0 Å². The summed E-state index contributed by atoms with van der Waals surface area (Å²) in [6.45, 7) is 1.38. The number of fused-ring (bicyclic) bond motifs is 1. The Labute approximate surface area is 120 Å². The first-order chi connectivity index (χ1) is 9.24. The minimum Gasteiger partial charge on any atom is -0.334 e. The van der Waals surface area contributed by atoms with Gasteiger partial charge in [-0.05, 0) is 29.8 Å². The largest absolute Gasteiger partial charge is 0.334 e. The highest BCUT2D eigenvalue weighted by Crippen LogP contribution is 2.20. The maximum atomic E-state index is 12.4. The van der Waals surface area contributed by atoms with Gasteiger partial charge in [0.1, 0.15) is 0 Å². The Hall–Kier alpha value is -1.68. The van der Waals surface area contributed by atoms with E-state index in [2.05, 4.69) is 20.9 Å². The van der Waals surface area contributed by atoms with Crippen molar-refractivity contribution in [1.82, 2.24) is 9.88 Å². The van der Waals surface area contributed by atoms with Crippen LogP contribution in [-0.2, 0) is 13.0 Å². The first-order valence-electron chi connectivity index (χ1n) is 6.21. The maximum Gasteiger partial charge on any atom is 0.254 e. The normalized spacial score (nSPS) is 14.1. The van der Waals surface area contributed by atoms with Gasteiger partial charge in [-0.3, -0.25) is 9.78 Å². The predicted molar refractivity (Wildman–Crippen MR) is 76.8 cm³/mol. The fourth-order valence-electron chi connectivity index (χ4n) is 2.34. The third-order valence-corrected chi connectivity index (χ3v) is 3.82. The monoisotopic (exact) mass is 316 g/mol. The molecule has 3 rings (SSSR count). The van der Waals surface area contributed by atoms with Crippen molar-refractivity contribution in [1.29, 1.82) is 0 Å². The van der Waals surface area contributed by atoms with Crippen molar-refractivity contribution in [3.8, 4) is 0 Å². The van der Waals surface area contributed by atoms with Crippen LogP contribution in [0.2, 0.25) is 0 Å². The van der Waals surface area contributed by atoms with E-state index in [0.717, 1.165) is 34.3 Å². The fraction of sp³-hybridized carbons (Fsp3) is 0.200. The minimum absolute atomic E-state index is 0.0794. The van der Waals surface area contributed by atoms with E-state index in [1.807, 2.05) is 47.5 Å². The summed E-state index contributed by atoms with van der Waals surface area (Å²) in [6, 6.07) is 11.5. The Balaban J connectivity index is 1.83. The molecule has 2 aromatic rings. The quantitative estimate of drug-likeness (QED) is 0.810. The van der Waals surface area contributed by atoms with E-state index < -0.39 is 0 Å². The Morgan fingerprint density at radius 1 is 1.26 bits per heavy atom. The lowest BCUT2D eigenvalue weighted by atomic mass is 10.0. The van der Waals surface area contributed by atoms with Gasteiger partial charge in [-0.2, -0.15) is 0 Å². The number of carbonyl (C=O) groups excluding carboxylic acids is 1. The van der Waals surface area contributed by atoms with Crippen LogP contribution in [0, 0.1) is 0 Å². The average Bonchev–Trinajstić information content (AvgIpc) is 2.46. The number of hydrogen-bond acceptors (Lipinski definition) is 2. The van der Waals surface area contributed by atoms with Crippen molar-refractivity contribution in [2.24, 2.45) is 0 Å². The molecular formula is C15H13BrN2O. The molecule has 1 aromatic carbocycles. The highest BCUT2D eigenvalue weighted by Gasteiger charge is 2.22. The number of amides is 1. The second-order valence-electron chi connectivity index (χ2n) is 4.60. The first kappa shape index (κ1) is 12.4. The summed E-state index contributed by atoms with van der Waals surface area (Å²) < 4.78 is 0.928. The standard InChI is InChI=1S/C15H13BrN2O/c16-13-5-1-3-11(9-13)15(19)18-8-6-14-12(10-18)4-2-7-17-14/h1-5,7,9H,6,8,10H2. The molecule has 96 valence electrons. The molecule has 0 bridgehead atoms. The molecule has 0 radical (unpaired) electrons. The third kappa shape index (κ3) is 2.54. The van der Waals surface area contributed by atoms with E-state index in [9.17, 15) is 4.79 Å². The molecule has 0 saturated carbocycles. The predicted octanol–water partition coefficient (Wildman–Crippen LogP) is 3.04. The lowest BCUT2D eigenvalue weighted by Crippen LogP contribution is -2.36. The van der Waals surface area contributed by atoms with Crippen LogP contribution < -0.4 is 0 Å². The van der Waals surface area contributed by atoms with Gasteiger partial charge in [0, 0.05) is 41.4 Å². The molecule has 0 N–H and O–H groups in total. The Bertz CT molecular complexity index is 627. The Morgan fingerprint density at radius 2 is 2.16 bits per heavy atom. The van der Waals surface area contributed by atoms with E-state index in [4.69, 9.17) is 0 Å². The van der Waals surface area contributed by atoms with Crippen LogP contribution >= 0.6 is 15.9 Å². The molecule has 0 fully saturated rings. The fourth-order valence-corrected chi connectivity index (χ4v) is 2.74. The summed E-state index contributed by atoms with van der Waals surface area (Å²) in [5.41, 5.74) is 2.99. The number of aromatic nitrogens is 1. The molecule has 1 amide bonds. The highest BCUT2D eigenvalue weighted by atomic mass is 79.9. The van der Waals surface area contributed by atoms with Gasteiger partial charge in [-0.15, -0.1) is 0 Å². The molecule has 2 heterocycles. The summed E-state index contributed by atoms with van der Waals surface area (Å²) in [6.07, 6.45) is 2.64. The summed E-state index contributed by atoms with van der Waals surface area (Å²) in [4.78, 5) is 18.7. The minimum atomic E-state index is 0.0794. The molecule has 1 aliphatic heterocycles. The SMILES string of the molecule is O=C(c1cccc(Br)c1)N1CCc2ncccc2C1. The molecule has 0 spiro atoms. The van der Waals surface area contributed by atoms with E-state index in [-0.39, 0.29) is 5.91 Å². The van der Waals surface area contributed by atoms with Crippen LogP contribution in [-0.4, -0.2) is 22.3 Å². The molecule has 3 nitrogen and oxygen atoms in total. The summed E-state index contributed by atoms with van der Waals surface area (Å²) in [5.74, 6) is 0.0794. The lowest BCUT2D eigenvalue weighted by Gasteiger charge is -2.28. The zero-order chi connectivity index (χ0) is 13.2. The number of hydrogen-bond donors (Lipinski definition) is 0. The molecule has 1 aliphatic rings. The zero-order valence-electron chi connectivity index (χ0n) is 10.3. The number of pyridine rings is 1. The molecule has 0 saturated heterocycles. The van der Waals surface area contributed by atoms with Crippen LogP contribution in [0.5, 0.6) is 0 Å². The van der Waals surface area contributed by atoms with E-state index in [1.54, 1.807) is 0 Å². The van der Waals surface area contributed by atoms with Gasteiger partial charge in [0.2, 0.25) is 0 Å². The smallest absolute Gasteiger partial charge is 0.254 e. The van der Waals surface area contributed by atoms with Crippen molar-refractivity contribution in [2.45, 2.75) is 13.0 Å². The average molecular weight is 317 g/mol. The third-order valence-electron chi connectivity index (χ3n) is 3.32. The van der Waals surface area contributed by atoms with Crippen molar-refractivity contribution >= 4 is 21.8 Å². The van der Waals surface area contributed by atoms with E-state index >= 15 is 0 Å². The topological polar surface area (TPSA) is 33.2 Å². The van der Waals surface area contributed by atoms with Gasteiger partial charge in [0.25, 0.3) is 5.91 Å². The number of benzene rings is 1. The number of carbonyl (C=O) groups is 1.